The number of rotatable bonds is 17. The van der Waals surface area contributed by atoms with Gasteiger partial charge in [0.15, 0.2) is 0 Å². The summed E-state index contributed by atoms with van der Waals surface area (Å²) in [6, 6.07) is 0. The maximum absolute atomic E-state index is 10.7. The molecule has 0 amide bonds. The third kappa shape index (κ3) is 19.0. The maximum atomic E-state index is 10.7. The van der Waals surface area contributed by atoms with Crippen molar-refractivity contribution >= 4 is 5.97 Å². The van der Waals surface area contributed by atoms with Crippen molar-refractivity contribution in [3.63, 3.8) is 0 Å². The van der Waals surface area contributed by atoms with Gasteiger partial charge in [-0.15, -0.1) is 0 Å². The van der Waals surface area contributed by atoms with E-state index in [0.717, 1.165) is 6.08 Å². The predicted molar refractivity (Wildman–Crippen MR) is 85.5 cm³/mol. The number of carbonyl (C=O) groups excluding carboxylic acids is 1. The predicted octanol–water partition coefficient (Wildman–Crippen LogP) is 1.21. The van der Waals surface area contributed by atoms with E-state index in [0.29, 0.717) is 59.5 Å². The summed E-state index contributed by atoms with van der Waals surface area (Å²) in [6.07, 6.45) is 1.35. The SMILES string of the molecule is C=CC(=O)OCCOCCOCCOCCOCCOC(C)C. The van der Waals surface area contributed by atoms with Gasteiger partial charge < -0.3 is 28.4 Å². The first-order valence-corrected chi connectivity index (χ1v) is 7.88. The molecule has 0 aliphatic carbocycles. The highest BCUT2D eigenvalue weighted by Gasteiger charge is 1.96. The first-order chi connectivity index (χ1) is 11.2. The molecule has 0 spiro atoms. The highest BCUT2D eigenvalue weighted by molar-refractivity contribution is 5.81. The number of esters is 1. The van der Waals surface area contributed by atoms with Crippen molar-refractivity contribution < 1.29 is 33.2 Å². The highest BCUT2D eigenvalue weighted by Crippen LogP contribution is 1.88. The molecule has 23 heavy (non-hydrogen) atoms. The van der Waals surface area contributed by atoms with Crippen molar-refractivity contribution in [2.24, 2.45) is 0 Å². The molecule has 0 aliphatic rings. The van der Waals surface area contributed by atoms with Gasteiger partial charge in [-0.25, -0.2) is 4.79 Å². The Kier molecular flexibility index (Phi) is 16.6. The summed E-state index contributed by atoms with van der Waals surface area (Å²) in [7, 11) is 0. The Morgan fingerprint density at radius 2 is 1.17 bits per heavy atom. The third-order valence-electron chi connectivity index (χ3n) is 2.43. The van der Waals surface area contributed by atoms with E-state index in [1.807, 2.05) is 13.8 Å². The molecule has 0 heterocycles. The maximum Gasteiger partial charge on any atom is 0.330 e. The zero-order valence-corrected chi connectivity index (χ0v) is 14.3. The summed E-state index contributed by atoms with van der Waals surface area (Å²) in [5, 5.41) is 0. The second-order valence-corrected chi connectivity index (χ2v) is 4.74. The Balaban J connectivity index is 3.02. The lowest BCUT2D eigenvalue weighted by molar-refractivity contribution is -0.139. The molecule has 0 saturated heterocycles. The van der Waals surface area contributed by atoms with Crippen LogP contribution in [0.25, 0.3) is 0 Å². The van der Waals surface area contributed by atoms with E-state index in [-0.39, 0.29) is 12.7 Å². The molecule has 7 nitrogen and oxygen atoms in total. The van der Waals surface area contributed by atoms with Gasteiger partial charge in [0, 0.05) is 6.08 Å². The van der Waals surface area contributed by atoms with Gasteiger partial charge in [-0.1, -0.05) is 6.58 Å². The largest absolute Gasteiger partial charge is 0.460 e. The second-order valence-electron chi connectivity index (χ2n) is 4.74. The standard InChI is InChI=1S/C16H30O7/c1-4-16(17)23-14-12-21-10-8-19-6-5-18-7-9-20-11-13-22-15(2)3/h4,15H,1,5-14H2,2-3H3. The third-order valence-corrected chi connectivity index (χ3v) is 2.43. The molecule has 0 saturated carbocycles. The summed E-state index contributed by atoms with van der Waals surface area (Å²) in [4.78, 5) is 10.7. The van der Waals surface area contributed by atoms with Crippen molar-refractivity contribution in [1.82, 2.24) is 0 Å². The molecule has 0 aliphatic heterocycles. The first-order valence-electron chi connectivity index (χ1n) is 7.88. The number of hydrogen-bond acceptors (Lipinski definition) is 7. The summed E-state index contributed by atoms with van der Waals surface area (Å²) in [5.41, 5.74) is 0. The van der Waals surface area contributed by atoms with E-state index in [2.05, 4.69) is 6.58 Å². The monoisotopic (exact) mass is 334 g/mol. The molecule has 136 valence electrons. The average molecular weight is 334 g/mol. The zero-order valence-electron chi connectivity index (χ0n) is 14.3. The highest BCUT2D eigenvalue weighted by atomic mass is 16.6. The Morgan fingerprint density at radius 3 is 1.57 bits per heavy atom. The zero-order chi connectivity index (χ0) is 17.2. The molecule has 0 unspecified atom stereocenters. The lowest BCUT2D eigenvalue weighted by Gasteiger charge is -2.09. The van der Waals surface area contributed by atoms with E-state index in [1.165, 1.54) is 0 Å². The number of ether oxygens (including phenoxy) is 6. The molecule has 0 aromatic carbocycles. The molecular formula is C16H30O7. The molecule has 0 rings (SSSR count). The summed E-state index contributed by atoms with van der Waals surface area (Å²) in [5.74, 6) is -0.446. The minimum atomic E-state index is -0.446. The van der Waals surface area contributed by atoms with Gasteiger partial charge in [-0.3, -0.25) is 0 Å². The lowest BCUT2D eigenvalue weighted by Crippen LogP contribution is -2.15. The van der Waals surface area contributed by atoms with Crippen LogP contribution in [-0.4, -0.2) is 78.1 Å². The summed E-state index contributed by atoms with van der Waals surface area (Å²) in [6.45, 7) is 12.1. The number of carbonyl (C=O) groups is 1. The Bertz CT molecular complexity index is 282. The van der Waals surface area contributed by atoms with Gasteiger partial charge in [0.2, 0.25) is 0 Å². The van der Waals surface area contributed by atoms with Crippen LogP contribution in [0, 0.1) is 0 Å². The van der Waals surface area contributed by atoms with Gasteiger partial charge in [-0.2, -0.15) is 0 Å². The van der Waals surface area contributed by atoms with Crippen molar-refractivity contribution in [2.45, 2.75) is 20.0 Å². The molecule has 7 heteroatoms. The first kappa shape index (κ1) is 22.0. The molecule has 0 N–H and O–H groups in total. The van der Waals surface area contributed by atoms with Gasteiger partial charge in [0.1, 0.15) is 6.61 Å². The topological polar surface area (TPSA) is 72.5 Å². The molecule has 0 bridgehead atoms. The van der Waals surface area contributed by atoms with Gasteiger partial charge in [0.05, 0.1) is 65.6 Å². The van der Waals surface area contributed by atoms with Crippen LogP contribution in [0.3, 0.4) is 0 Å². The van der Waals surface area contributed by atoms with Gasteiger partial charge >= 0.3 is 5.97 Å². The molecule has 0 fully saturated rings. The molecule has 0 aromatic heterocycles. The Labute approximate surface area is 138 Å². The van der Waals surface area contributed by atoms with Gasteiger partial charge in [0.25, 0.3) is 0 Å². The van der Waals surface area contributed by atoms with Crippen molar-refractivity contribution in [1.29, 1.82) is 0 Å². The Hall–Kier alpha value is -0.990. The smallest absolute Gasteiger partial charge is 0.330 e. The average Bonchev–Trinajstić information content (AvgIpc) is 2.53. The fourth-order valence-electron chi connectivity index (χ4n) is 1.36. The summed E-state index contributed by atoms with van der Waals surface area (Å²) < 4.78 is 31.3. The fraction of sp³-hybridized carbons (Fsp3) is 0.812. The quantitative estimate of drug-likeness (QED) is 0.225. The number of hydrogen-bond donors (Lipinski definition) is 0. The van der Waals surface area contributed by atoms with Crippen LogP contribution in [0.4, 0.5) is 0 Å². The fourth-order valence-corrected chi connectivity index (χ4v) is 1.36. The minimum Gasteiger partial charge on any atom is -0.460 e. The van der Waals surface area contributed by atoms with E-state index in [9.17, 15) is 4.79 Å². The summed E-state index contributed by atoms with van der Waals surface area (Å²) >= 11 is 0. The van der Waals surface area contributed by atoms with Gasteiger partial charge in [-0.05, 0) is 13.8 Å². The lowest BCUT2D eigenvalue weighted by atomic mass is 10.5. The molecular weight excluding hydrogens is 304 g/mol. The van der Waals surface area contributed by atoms with Crippen molar-refractivity contribution in [3.8, 4) is 0 Å². The van der Waals surface area contributed by atoms with Crippen LogP contribution in [0.2, 0.25) is 0 Å². The molecule has 0 radical (unpaired) electrons. The minimum absolute atomic E-state index is 0.218. The Morgan fingerprint density at radius 1 is 0.783 bits per heavy atom. The molecule has 0 aromatic rings. The second kappa shape index (κ2) is 17.4. The van der Waals surface area contributed by atoms with Crippen LogP contribution >= 0.6 is 0 Å². The van der Waals surface area contributed by atoms with E-state index >= 15 is 0 Å². The van der Waals surface area contributed by atoms with Crippen LogP contribution in [0.15, 0.2) is 12.7 Å². The van der Waals surface area contributed by atoms with Crippen LogP contribution in [0.1, 0.15) is 13.8 Å². The van der Waals surface area contributed by atoms with E-state index in [4.69, 9.17) is 28.4 Å². The van der Waals surface area contributed by atoms with Crippen LogP contribution in [0.5, 0.6) is 0 Å². The van der Waals surface area contributed by atoms with Crippen molar-refractivity contribution in [3.05, 3.63) is 12.7 Å². The van der Waals surface area contributed by atoms with E-state index < -0.39 is 5.97 Å². The van der Waals surface area contributed by atoms with Crippen LogP contribution < -0.4 is 0 Å². The normalized spacial score (nSPS) is 10.9. The van der Waals surface area contributed by atoms with E-state index in [1.54, 1.807) is 0 Å². The van der Waals surface area contributed by atoms with Crippen molar-refractivity contribution in [2.75, 3.05) is 66.1 Å². The van der Waals surface area contributed by atoms with Crippen LogP contribution in [-0.2, 0) is 33.2 Å². The molecule has 0 atom stereocenters.